The molecule has 1 aromatic rings. The lowest BCUT2D eigenvalue weighted by molar-refractivity contribution is -0.147. The number of hydrogen-bond donors (Lipinski definition) is 1. The van der Waals surface area contributed by atoms with Crippen molar-refractivity contribution in [2.24, 2.45) is 0 Å². The van der Waals surface area contributed by atoms with E-state index in [1.165, 1.54) is 25.3 Å². The molecule has 1 aromatic carbocycles. The summed E-state index contributed by atoms with van der Waals surface area (Å²) in [6, 6.07) is 5.05. The third-order valence-electron chi connectivity index (χ3n) is 5.06. The summed E-state index contributed by atoms with van der Waals surface area (Å²) >= 11 is 0. The highest BCUT2D eigenvalue weighted by Crippen LogP contribution is 2.44. The number of aliphatic carboxylic acids is 1. The highest BCUT2D eigenvalue weighted by atomic mass is 19.1. The van der Waals surface area contributed by atoms with Crippen molar-refractivity contribution in [3.8, 4) is 0 Å². The van der Waals surface area contributed by atoms with E-state index in [0.717, 1.165) is 19.5 Å². The lowest BCUT2D eigenvalue weighted by Gasteiger charge is -2.38. The van der Waals surface area contributed by atoms with E-state index in [2.05, 4.69) is 4.90 Å². The van der Waals surface area contributed by atoms with Gasteiger partial charge in [-0.3, -0.25) is 9.69 Å². The second-order valence-electron chi connectivity index (χ2n) is 6.38. The van der Waals surface area contributed by atoms with Crippen LogP contribution in [0.3, 0.4) is 0 Å². The molecule has 1 aliphatic heterocycles. The lowest BCUT2D eigenvalue weighted by Crippen LogP contribution is -2.42. The largest absolute Gasteiger partial charge is 0.481 e. The minimum absolute atomic E-state index is 0.259. The second kappa shape index (κ2) is 5.76. The zero-order valence-electron chi connectivity index (χ0n) is 12.3. The standard InChI is InChI=1S/C17H22FNO2/c18-15-11-14(17(16(20)21)7-4-8-17)6-5-13(15)12-19-9-2-1-3-10-19/h5-6,11H,1-4,7-10,12H2,(H,20,21). The topological polar surface area (TPSA) is 40.5 Å². The summed E-state index contributed by atoms with van der Waals surface area (Å²) in [6.07, 6.45) is 5.77. The van der Waals surface area contributed by atoms with Gasteiger partial charge in [-0.25, -0.2) is 4.39 Å². The normalized spacial score (nSPS) is 21.8. The number of nitrogens with zero attached hydrogens (tertiary/aromatic N) is 1. The van der Waals surface area contributed by atoms with Crippen LogP contribution in [-0.2, 0) is 16.8 Å². The molecule has 0 unspecified atom stereocenters. The Morgan fingerprint density at radius 1 is 1.19 bits per heavy atom. The molecular weight excluding hydrogens is 269 g/mol. The maximum atomic E-state index is 14.3. The van der Waals surface area contributed by atoms with Crippen molar-refractivity contribution in [1.82, 2.24) is 4.90 Å². The summed E-state index contributed by atoms with van der Waals surface area (Å²) in [4.78, 5) is 13.8. The molecule has 0 atom stereocenters. The molecule has 1 heterocycles. The number of hydrogen-bond acceptors (Lipinski definition) is 2. The smallest absolute Gasteiger partial charge is 0.314 e. The van der Waals surface area contributed by atoms with E-state index < -0.39 is 11.4 Å². The van der Waals surface area contributed by atoms with Gasteiger partial charge < -0.3 is 5.11 Å². The molecule has 3 nitrogen and oxygen atoms in total. The van der Waals surface area contributed by atoms with Crippen LogP contribution in [0.2, 0.25) is 0 Å². The Labute approximate surface area is 124 Å². The molecular formula is C17H22FNO2. The van der Waals surface area contributed by atoms with Crippen molar-refractivity contribution in [3.05, 3.63) is 35.1 Å². The van der Waals surface area contributed by atoms with Gasteiger partial charge in [-0.05, 0) is 50.4 Å². The van der Waals surface area contributed by atoms with E-state index in [4.69, 9.17) is 0 Å². The first-order chi connectivity index (χ1) is 10.1. The Balaban J connectivity index is 1.78. The minimum Gasteiger partial charge on any atom is -0.481 e. The van der Waals surface area contributed by atoms with E-state index in [1.54, 1.807) is 6.07 Å². The van der Waals surface area contributed by atoms with Gasteiger partial charge in [-0.15, -0.1) is 0 Å². The van der Waals surface area contributed by atoms with E-state index in [0.29, 0.717) is 30.5 Å². The van der Waals surface area contributed by atoms with Crippen LogP contribution in [0.1, 0.15) is 49.7 Å². The first-order valence-electron chi connectivity index (χ1n) is 7.86. The summed E-state index contributed by atoms with van der Waals surface area (Å²) < 4.78 is 14.3. The number of carbonyl (C=O) groups is 1. The first-order valence-corrected chi connectivity index (χ1v) is 7.86. The van der Waals surface area contributed by atoms with Gasteiger partial charge in [0.2, 0.25) is 0 Å². The van der Waals surface area contributed by atoms with Crippen LogP contribution in [0.5, 0.6) is 0 Å². The van der Waals surface area contributed by atoms with Gasteiger partial charge in [-0.1, -0.05) is 25.0 Å². The highest BCUT2D eigenvalue weighted by molar-refractivity contribution is 5.82. The third kappa shape index (κ3) is 2.69. The van der Waals surface area contributed by atoms with E-state index in [1.807, 2.05) is 6.07 Å². The number of rotatable bonds is 4. The summed E-state index contributed by atoms with van der Waals surface area (Å²) in [5.41, 5.74) is 0.464. The van der Waals surface area contributed by atoms with Crippen LogP contribution in [-0.4, -0.2) is 29.1 Å². The van der Waals surface area contributed by atoms with Gasteiger partial charge in [0.1, 0.15) is 5.82 Å². The van der Waals surface area contributed by atoms with Crippen LogP contribution >= 0.6 is 0 Å². The van der Waals surface area contributed by atoms with E-state index in [-0.39, 0.29) is 5.82 Å². The van der Waals surface area contributed by atoms with Gasteiger partial charge in [0.25, 0.3) is 0 Å². The quantitative estimate of drug-likeness (QED) is 0.925. The number of carboxylic acid groups (broad SMARTS) is 1. The predicted molar refractivity (Wildman–Crippen MR) is 78.7 cm³/mol. The molecule has 0 radical (unpaired) electrons. The number of likely N-dealkylation sites (tertiary alicyclic amines) is 1. The number of halogens is 1. The van der Waals surface area contributed by atoms with Crippen molar-refractivity contribution < 1.29 is 14.3 Å². The van der Waals surface area contributed by atoms with Crippen LogP contribution in [0.25, 0.3) is 0 Å². The van der Waals surface area contributed by atoms with Crippen LogP contribution in [0.4, 0.5) is 4.39 Å². The third-order valence-corrected chi connectivity index (χ3v) is 5.06. The molecule has 1 aliphatic carbocycles. The van der Waals surface area contributed by atoms with Gasteiger partial charge in [-0.2, -0.15) is 0 Å². The fourth-order valence-corrected chi connectivity index (χ4v) is 3.49. The van der Waals surface area contributed by atoms with Gasteiger partial charge in [0, 0.05) is 12.1 Å². The Hall–Kier alpha value is -1.42. The molecule has 3 rings (SSSR count). The number of benzene rings is 1. The Bertz CT molecular complexity index is 534. The SMILES string of the molecule is O=C(O)C1(c2ccc(CN3CCCCC3)c(F)c2)CCC1. The predicted octanol–water partition coefficient (Wildman–Crippen LogP) is 3.32. The van der Waals surface area contributed by atoms with Gasteiger partial charge >= 0.3 is 5.97 Å². The molecule has 0 bridgehead atoms. The Kier molecular flexibility index (Phi) is 3.98. The fraction of sp³-hybridized carbons (Fsp3) is 0.588. The lowest BCUT2D eigenvalue weighted by atomic mass is 9.64. The number of piperidine rings is 1. The first kappa shape index (κ1) is 14.5. The van der Waals surface area contributed by atoms with Crippen molar-refractivity contribution in [2.45, 2.75) is 50.5 Å². The zero-order chi connectivity index (χ0) is 14.9. The van der Waals surface area contributed by atoms with Crippen LogP contribution in [0.15, 0.2) is 18.2 Å². The number of carboxylic acids is 1. The van der Waals surface area contributed by atoms with Crippen molar-refractivity contribution in [2.75, 3.05) is 13.1 Å². The summed E-state index contributed by atoms with van der Waals surface area (Å²) in [7, 11) is 0. The fourth-order valence-electron chi connectivity index (χ4n) is 3.49. The van der Waals surface area contributed by atoms with Gasteiger partial charge in [0.15, 0.2) is 0 Å². The average Bonchev–Trinajstić information content (AvgIpc) is 2.41. The maximum absolute atomic E-state index is 14.3. The zero-order valence-corrected chi connectivity index (χ0v) is 12.3. The maximum Gasteiger partial charge on any atom is 0.314 e. The Morgan fingerprint density at radius 3 is 2.43 bits per heavy atom. The summed E-state index contributed by atoms with van der Waals surface area (Å²) in [6.45, 7) is 2.69. The van der Waals surface area contributed by atoms with Crippen LogP contribution in [0, 0.1) is 5.82 Å². The molecule has 2 aliphatic rings. The molecule has 0 amide bonds. The van der Waals surface area contributed by atoms with Gasteiger partial charge in [0.05, 0.1) is 5.41 Å². The van der Waals surface area contributed by atoms with E-state index >= 15 is 0 Å². The van der Waals surface area contributed by atoms with Crippen molar-refractivity contribution in [3.63, 3.8) is 0 Å². The minimum atomic E-state index is -0.843. The summed E-state index contributed by atoms with van der Waals surface area (Å²) in [5.74, 6) is -1.08. The Morgan fingerprint density at radius 2 is 1.90 bits per heavy atom. The van der Waals surface area contributed by atoms with Crippen molar-refractivity contribution >= 4 is 5.97 Å². The molecule has 1 N–H and O–H groups in total. The molecule has 2 fully saturated rings. The molecule has 0 spiro atoms. The second-order valence-corrected chi connectivity index (χ2v) is 6.38. The van der Waals surface area contributed by atoms with Crippen LogP contribution < -0.4 is 0 Å². The molecule has 1 saturated carbocycles. The molecule has 21 heavy (non-hydrogen) atoms. The average molecular weight is 291 g/mol. The summed E-state index contributed by atoms with van der Waals surface area (Å²) in [5, 5.41) is 9.43. The van der Waals surface area contributed by atoms with E-state index in [9.17, 15) is 14.3 Å². The molecule has 0 aromatic heterocycles. The molecule has 114 valence electrons. The molecule has 4 heteroatoms. The molecule has 1 saturated heterocycles. The van der Waals surface area contributed by atoms with Crippen molar-refractivity contribution in [1.29, 1.82) is 0 Å². The highest BCUT2D eigenvalue weighted by Gasteiger charge is 2.46. The monoisotopic (exact) mass is 291 g/mol.